The number of amides is 1. The number of carboxylic acids is 1. The maximum Gasteiger partial charge on any atom is 0.336 e. The number of aromatic carboxylic acids is 1. The molecular weight excluding hydrogens is 272 g/mol. The van der Waals surface area contributed by atoms with Gasteiger partial charge in [-0.25, -0.2) is 4.79 Å². The summed E-state index contributed by atoms with van der Waals surface area (Å²) in [5, 5.41) is 15.0. The van der Waals surface area contributed by atoms with Crippen molar-refractivity contribution in [2.24, 2.45) is 5.92 Å². The lowest BCUT2D eigenvalue weighted by atomic mass is 10.0. The Morgan fingerprint density at radius 1 is 1.29 bits per heavy atom. The number of rotatable bonds is 4. The number of likely N-dealkylation sites (N-methyl/N-ethyl adjacent to an activating group) is 1. The Morgan fingerprint density at radius 3 is 2.62 bits per heavy atom. The average Bonchev–Trinajstić information content (AvgIpc) is 2.90. The molecule has 114 valence electrons. The van der Waals surface area contributed by atoms with Crippen LogP contribution in [0.25, 0.3) is 0 Å². The fourth-order valence-electron chi connectivity index (χ4n) is 2.49. The second kappa shape index (κ2) is 6.24. The predicted molar refractivity (Wildman–Crippen MR) is 78.7 cm³/mol. The van der Waals surface area contributed by atoms with Crippen LogP contribution < -0.4 is 10.6 Å². The fraction of sp³-hybridized carbons (Fsp3) is 0.467. The summed E-state index contributed by atoms with van der Waals surface area (Å²) in [6.07, 6.45) is 0. The van der Waals surface area contributed by atoms with Gasteiger partial charge < -0.3 is 20.5 Å². The first-order valence-electron chi connectivity index (χ1n) is 6.84. The molecule has 1 aromatic rings. The van der Waals surface area contributed by atoms with Crippen LogP contribution in [0.3, 0.4) is 0 Å². The van der Waals surface area contributed by atoms with Gasteiger partial charge in [0.2, 0.25) is 5.91 Å². The molecule has 0 aromatic heterocycles. The molecular formula is C15H20N2O4. The van der Waals surface area contributed by atoms with Gasteiger partial charge in [-0.2, -0.15) is 0 Å². The molecule has 1 saturated heterocycles. The van der Waals surface area contributed by atoms with E-state index in [1.165, 1.54) is 6.07 Å². The Balaban J connectivity index is 2.20. The summed E-state index contributed by atoms with van der Waals surface area (Å²) in [7, 11) is 1.79. The van der Waals surface area contributed by atoms with Crippen molar-refractivity contribution >= 4 is 17.6 Å². The Kier molecular flexibility index (Phi) is 4.59. The summed E-state index contributed by atoms with van der Waals surface area (Å²) in [5.41, 5.74) is 2.25. The zero-order chi connectivity index (χ0) is 15.6. The van der Waals surface area contributed by atoms with Crippen LogP contribution in [0.4, 0.5) is 5.69 Å². The zero-order valence-electron chi connectivity index (χ0n) is 12.4. The number of hydrogen-bond acceptors (Lipinski definition) is 4. The predicted octanol–water partition coefficient (Wildman–Crippen LogP) is 1.17. The highest BCUT2D eigenvalue weighted by Gasteiger charge is 2.33. The number of aryl methyl sites for hydroxylation is 1. The highest BCUT2D eigenvalue weighted by molar-refractivity contribution is 5.96. The third-order valence-corrected chi connectivity index (χ3v) is 3.95. The molecule has 1 heterocycles. The number of carbonyl (C=O) groups is 2. The molecule has 21 heavy (non-hydrogen) atoms. The number of hydrogen-bond donors (Lipinski definition) is 3. The van der Waals surface area contributed by atoms with Crippen molar-refractivity contribution < 1.29 is 19.4 Å². The lowest BCUT2D eigenvalue weighted by Gasteiger charge is -2.17. The SMILES string of the molecule is CNC1COCC1C(=O)Nc1cc(C)c(C)c(C(=O)O)c1. The smallest absolute Gasteiger partial charge is 0.336 e. The molecule has 0 saturated carbocycles. The maximum absolute atomic E-state index is 12.3. The average molecular weight is 292 g/mol. The van der Waals surface area contributed by atoms with Crippen LogP contribution in [-0.2, 0) is 9.53 Å². The highest BCUT2D eigenvalue weighted by Crippen LogP contribution is 2.22. The summed E-state index contributed by atoms with van der Waals surface area (Å²) >= 11 is 0. The van der Waals surface area contributed by atoms with Crippen molar-refractivity contribution in [3.8, 4) is 0 Å². The summed E-state index contributed by atoms with van der Waals surface area (Å²) in [5.74, 6) is -1.43. The second-order valence-electron chi connectivity index (χ2n) is 5.30. The molecule has 6 heteroatoms. The summed E-state index contributed by atoms with van der Waals surface area (Å²) < 4.78 is 5.31. The van der Waals surface area contributed by atoms with Gasteiger partial charge in [-0.05, 0) is 44.2 Å². The van der Waals surface area contributed by atoms with Gasteiger partial charge in [0.05, 0.1) is 24.7 Å². The molecule has 0 radical (unpaired) electrons. The molecule has 1 amide bonds. The van der Waals surface area contributed by atoms with E-state index < -0.39 is 5.97 Å². The first-order valence-corrected chi connectivity index (χ1v) is 6.84. The molecule has 6 nitrogen and oxygen atoms in total. The van der Waals surface area contributed by atoms with Crippen LogP contribution in [0, 0.1) is 19.8 Å². The quantitative estimate of drug-likeness (QED) is 0.775. The lowest BCUT2D eigenvalue weighted by Crippen LogP contribution is -2.39. The molecule has 1 aromatic carbocycles. The van der Waals surface area contributed by atoms with Crippen molar-refractivity contribution in [2.45, 2.75) is 19.9 Å². The third kappa shape index (κ3) is 3.22. The van der Waals surface area contributed by atoms with Gasteiger partial charge in [0, 0.05) is 11.7 Å². The first kappa shape index (κ1) is 15.5. The number of ether oxygens (including phenoxy) is 1. The molecule has 2 unspecified atom stereocenters. The lowest BCUT2D eigenvalue weighted by molar-refractivity contribution is -0.120. The van der Waals surface area contributed by atoms with E-state index in [1.807, 2.05) is 6.92 Å². The van der Waals surface area contributed by atoms with Crippen LogP contribution >= 0.6 is 0 Å². The molecule has 1 aliphatic heterocycles. The second-order valence-corrected chi connectivity index (χ2v) is 5.30. The first-order chi connectivity index (χ1) is 9.93. The number of carbonyl (C=O) groups excluding carboxylic acids is 1. The molecule has 0 bridgehead atoms. The van der Waals surface area contributed by atoms with Crippen molar-refractivity contribution in [1.82, 2.24) is 5.32 Å². The van der Waals surface area contributed by atoms with Crippen molar-refractivity contribution in [3.63, 3.8) is 0 Å². The van der Waals surface area contributed by atoms with E-state index in [2.05, 4.69) is 10.6 Å². The fourth-order valence-corrected chi connectivity index (χ4v) is 2.49. The Morgan fingerprint density at radius 2 is 2.00 bits per heavy atom. The number of benzene rings is 1. The Labute approximate surface area is 123 Å². The summed E-state index contributed by atoms with van der Waals surface area (Å²) in [6, 6.07) is 3.26. The van der Waals surface area contributed by atoms with Crippen LogP contribution in [0.1, 0.15) is 21.5 Å². The van der Waals surface area contributed by atoms with E-state index in [-0.39, 0.29) is 23.4 Å². The van der Waals surface area contributed by atoms with Gasteiger partial charge in [-0.3, -0.25) is 4.79 Å². The number of anilines is 1. The van der Waals surface area contributed by atoms with Crippen molar-refractivity contribution in [1.29, 1.82) is 0 Å². The largest absolute Gasteiger partial charge is 0.478 e. The van der Waals surface area contributed by atoms with Crippen LogP contribution in [-0.4, -0.2) is 43.3 Å². The Hall–Kier alpha value is -1.92. The van der Waals surface area contributed by atoms with Crippen LogP contribution in [0.2, 0.25) is 0 Å². The molecule has 1 aliphatic rings. The minimum Gasteiger partial charge on any atom is -0.478 e. The topological polar surface area (TPSA) is 87.7 Å². The van der Waals surface area contributed by atoms with Gasteiger partial charge in [-0.1, -0.05) is 0 Å². The van der Waals surface area contributed by atoms with Gasteiger partial charge in [-0.15, -0.1) is 0 Å². The van der Waals surface area contributed by atoms with Gasteiger partial charge in [0.1, 0.15) is 0 Å². The molecule has 2 atom stereocenters. The molecule has 2 rings (SSSR count). The maximum atomic E-state index is 12.3. The number of nitrogens with one attached hydrogen (secondary N) is 2. The van der Waals surface area contributed by atoms with Gasteiger partial charge in [0.15, 0.2) is 0 Å². The third-order valence-electron chi connectivity index (χ3n) is 3.95. The zero-order valence-corrected chi connectivity index (χ0v) is 12.4. The van der Waals surface area contributed by atoms with E-state index in [1.54, 1.807) is 20.0 Å². The van der Waals surface area contributed by atoms with E-state index in [0.717, 1.165) is 5.56 Å². The summed E-state index contributed by atoms with van der Waals surface area (Å²) in [6.45, 7) is 4.45. The minimum atomic E-state index is -0.996. The van der Waals surface area contributed by atoms with E-state index >= 15 is 0 Å². The number of carboxylic acid groups (broad SMARTS) is 1. The standard InChI is InChI=1S/C15H20N2O4/c1-8-4-10(5-11(9(8)2)15(19)20)17-14(18)12-6-21-7-13(12)16-3/h4-5,12-13,16H,6-7H2,1-3H3,(H,17,18)(H,19,20). The van der Waals surface area contributed by atoms with Crippen molar-refractivity contribution in [3.05, 3.63) is 28.8 Å². The Bertz CT molecular complexity index is 571. The molecule has 0 aliphatic carbocycles. The van der Waals surface area contributed by atoms with Crippen molar-refractivity contribution in [2.75, 3.05) is 25.6 Å². The molecule has 1 fully saturated rings. The molecule has 0 spiro atoms. The monoisotopic (exact) mass is 292 g/mol. The van der Waals surface area contributed by atoms with Crippen LogP contribution in [0.15, 0.2) is 12.1 Å². The normalized spacial score (nSPS) is 21.3. The van der Waals surface area contributed by atoms with E-state index in [4.69, 9.17) is 4.74 Å². The van der Waals surface area contributed by atoms with Gasteiger partial charge >= 0.3 is 5.97 Å². The molecule has 3 N–H and O–H groups in total. The minimum absolute atomic E-state index is 0.0181. The van der Waals surface area contributed by atoms with E-state index in [0.29, 0.717) is 24.5 Å². The van der Waals surface area contributed by atoms with Gasteiger partial charge in [0.25, 0.3) is 0 Å². The van der Waals surface area contributed by atoms with E-state index in [9.17, 15) is 14.7 Å². The highest BCUT2D eigenvalue weighted by atomic mass is 16.5. The van der Waals surface area contributed by atoms with Crippen LogP contribution in [0.5, 0.6) is 0 Å². The summed E-state index contributed by atoms with van der Waals surface area (Å²) in [4.78, 5) is 23.5.